The SMILES string of the molecule is CC(C)=CCC/C(=C/CC/C(C)=C/CCC1(C)CCc2cc(O)cc(C)c2O1)C(=O)O. The van der Waals surface area contributed by atoms with Gasteiger partial charge in [0.05, 0.1) is 0 Å². The molecule has 170 valence electrons. The maximum absolute atomic E-state index is 11.4. The second kappa shape index (κ2) is 11.2. The number of hydrogen-bond acceptors (Lipinski definition) is 3. The molecular formula is C27H38O4. The Bertz CT molecular complexity index is 871. The van der Waals surface area contributed by atoms with E-state index in [9.17, 15) is 15.0 Å². The summed E-state index contributed by atoms with van der Waals surface area (Å²) < 4.78 is 6.36. The van der Waals surface area contributed by atoms with Crippen LogP contribution in [0.3, 0.4) is 0 Å². The van der Waals surface area contributed by atoms with Crippen LogP contribution in [0.15, 0.2) is 47.1 Å². The lowest BCUT2D eigenvalue weighted by Gasteiger charge is -2.36. The van der Waals surface area contributed by atoms with Gasteiger partial charge in [-0.05, 0) is 109 Å². The molecule has 0 saturated heterocycles. The number of carboxylic acid groups (broad SMARTS) is 1. The maximum atomic E-state index is 11.4. The van der Waals surface area contributed by atoms with E-state index in [0.29, 0.717) is 17.7 Å². The molecule has 0 aliphatic carbocycles. The Morgan fingerprint density at radius 3 is 2.48 bits per heavy atom. The second-order valence-corrected chi connectivity index (χ2v) is 9.29. The number of aromatic hydroxyl groups is 1. The molecule has 1 aliphatic heterocycles. The minimum atomic E-state index is -0.810. The van der Waals surface area contributed by atoms with Gasteiger partial charge in [-0.3, -0.25) is 0 Å². The zero-order valence-corrected chi connectivity index (χ0v) is 19.8. The van der Waals surface area contributed by atoms with Crippen molar-refractivity contribution in [1.29, 1.82) is 0 Å². The van der Waals surface area contributed by atoms with Crippen LogP contribution in [0.5, 0.6) is 11.5 Å². The number of phenolic OH excluding ortho intramolecular Hbond substituents is 1. The minimum absolute atomic E-state index is 0.202. The van der Waals surface area contributed by atoms with Crippen molar-refractivity contribution in [3.8, 4) is 11.5 Å². The summed E-state index contributed by atoms with van der Waals surface area (Å²) in [5.41, 5.74) is 4.88. The van der Waals surface area contributed by atoms with E-state index in [4.69, 9.17) is 4.74 Å². The third kappa shape index (κ3) is 7.93. The molecule has 0 aromatic heterocycles. The number of allylic oxidation sites excluding steroid dienone is 5. The van der Waals surface area contributed by atoms with Crippen LogP contribution in [0.1, 0.15) is 83.8 Å². The van der Waals surface area contributed by atoms with E-state index in [-0.39, 0.29) is 5.60 Å². The average Bonchev–Trinajstić information content (AvgIpc) is 2.67. The van der Waals surface area contributed by atoms with Gasteiger partial charge in [0, 0.05) is 5.57 Å². The van der Waals surface area contributed by atoms with Crippen LogP contribution in [0.25, 0.3) is 0 Å². The van der Waals surface area contributed by atoms with Crippen LogP contribution in [0.2, 0.25) is 0 Å². The Morgan fingerprint density at radius 2 is 1.81 bits per heavy atom. The lowest BCUT2D eigenvalue weighted by Crippen LogP contribution is -2.36. The smallest absolute Gasteiger partial charge is 0.331 e. The molecule has 0 saturated carbocycles. The van der Waals surface area contributed by atoms with Gasteiger partial charge in [0.2, 0.25) is 0 Å². The van der Waals surface area contributed by atoms with E-state index in [0.717, 1.165) is 61.8 Å². The number of carboxylic acids is 1. The highest BCUT2D eigenvalue weighted by molar-refractivity contribution is 5.86. The highest BCUT2D eigenvalue weighted by atomic mass is 16.5. The molecule has 4 heteroatoms. The van der Waals surface area contributed by atoms with E-state index in [1.807, 2.05) is 32.9 Å². The fraction of sp³-hybridized carbons (Fsp3) is 0.519. The highest BCUT2D eigenvalue weighted by Crippen LogP contribution is 2.39. The lowest BCUT2D eigenvalue weighted by molar-refractivity contribution is -0.132. The van der Waals surface area contributed by atoms with E-state index >= 15 is 0 Å². The quantitative estimate of drug-likeness (QED) is 0.311. The van der Waals surface area contributed by atoms with Crippen molar-refractivity contribution in [2.45, 2.75) is 91.6 Å². The summed E-state index contributed by atoms with van der Waals surface area (Å²) in [5.74, 6) is 0.417. The zero-order valence-electron chi connectivity index (χ0n) is 19.8. The molecule has 1 unspecified atom stereocenters. The molecule has 0 radical (unpaired) electrons. The van der Waals surface area contributed by atoms with Gasteiger partial charge in [-0.2, -0.15) is 0 Å². The third-order valence-electron chi connectivity index (χ3n) is 5.94. The van der Waals surface area contributed by atoms with E-state index in [1.165, 1.54) is 11.1 Å². The predicted molar refractivity (Wildman–Crippen MR) is 127 cm³/mol. The van der Waals surface area contributed by atoms with E-state index in [1.54, 1.807) is 6.07 Å². The molecule has 0 amide bonds. The average molecular weight is 427 g/mol. The molecule has 2 rings (SSSR count). The minimum Gasteiger partial charge on any atom is -0.508 e. The first-order valence-electron chi connectivity index (χ1n) is 11.3. The molecule has 1 aliphatic rings. The van der Waals surface area contributed by atoms with Crippen molar-refractivity contribution in [2.75, 3.05) is 0 Å². The van der Waals surface area contributed by atoms with Gasteiger partial charge in [0.25, 0.3) is 0 Å². The predicted octanol–water partition coefficient (Wildman–Crippen LogP) is 7.05. The number of aryl methyl sites for hydroxylation is 2. The molecule has 4 nitrogen and oxygen atoms in total. The molecule has 1 heterocycles. The lowest BCUT2D eigenvalue weighted by atomic mass is 9.87. The van der Waals surface area contributed by atoms with Crippen molar-refractivity contribution < 1.29 is 19.7 Å². The number of benzene rings is 1. The molecule has 31 heavy (non-hydrogen) atoms. The van der Waals surface area contributed by atoms with Gasteiger partial charge in [-0.1, -0.05) is 29.4 Å². The second-order valence-electron chi connectivity index (χ2n) is 9.29. The van der Waals surface area contributed by atoms with Gasteiger partial charge >= 0.3 is 5.97 Å². The van der Waals surface area contributed by atoms with Crippen LogP contribution in [0.4, 0.5) is 0 Å². The maximum Gasteiger partial charge on any atom is 0.331 e. The molecule has 1 aromatic rings. The van der Waals surface area contributed by atoms with Crippen LogP contribution < -0.4 is 4.74 Å². The van der Waals surface area contributed by atoms with Crippen molar-refractivity contribution in [3.63, 3.8) is 0 Å². The number of aliphatic carboxylic acids is 1. The van der Waals surface area contributed by atoms with Crippen LogP contribution >= 0.6 is 0 Å². The summed E-state index contributed by atoms with van der Waals surface area (Å²) in [7, 11) is 0. The van der Waals surface area contributed by atoms with E-state index < -0.39 is 5.97 Å². The number of phenols is 1. The Labute approximate surface area is 187 Å². The van der Waals surface area contributed by atoms with Crippen LogP contribution in [-0.4, -0.2) is 21.8 Å². The normalized spacial score (nSPS) is 18.9. The Balaban J connectivity index is 1.85. The zero-order chi connectivity index (χ0) is 23.0. The van der Waals surface area contributed by atoms with Gasteiger partial charge < -0.3 is 14.9 Å². The number of rotatable bonds is 10. The first-order valence-corrected chi connectivity index (χ1v) is 11.3. The molecule has 0 bridgehead atoms. The molecule has 0 spiro atoms. The summed E-state index contributed by atoms with van der Waals surface area (Å²) in [4.78, 5) is 11.4. The van der Waals surface area contributed by atoms with Gasteiger partial charge in [0.1, 0.15) is 17.1 Å². The number of carbonyl (C=O) groups is 1. The molecule has 1 aromatic carbocycles. The summed E-state index contributed by atoms with van der Waals surface area (Å²) in [6, 6.07) is 3.57. The number of fused-ring (bicyclic) bond motifs is 1. The third-order valence-corrected chi connectivity index (χ3v) is 5.94. The molecule has 2 N–H and O–H groups in total. The molecule has 0 fully saturated rings. The molecule has 1 atom stereocenters. The van der Waals surface area contributed by atoms with E-state index in [2.05, 4.69) is 26.0 Å². The summed E-state index contributed by atoms with van der Waals surface area (Å²) in [5, 5.41) is 19.2. The van der Waals surface area contributed by atoms with Gasteiger partial charge in [-0.15, -0.1) is 0 Å². The Hall–Kier alpha value is -2.49. The first kappa shape index (κ1) is 24.8. The van der Waals surface area contributed by atoms with Gasteiger partial charge in [0.15, 0.2) is 0 Å². The van der Waals surface area contributed by atoms with Crippen LogP contribution in [0, 0.1) is 6.92 Å². The monoisotopic (exact) mass is 426 g/mol. The van der Waals surface area contributed by atoms with Crippen molar-refractivity contribution in [1.82, 2.24) is 0 Å². The standard InChI is InChI=1S/C27H38O4/c1-19(2)9-6-12-22(26(29)30)13-7-10-20(3)11-8-15-27(5)16-14-23-18-24(28)17-21(4)25(23)31-27/h9,11,13,17-18,28H,6-8,10,12,14-16H2,1-5H3,(H,29,30)/b20-11+,22-13-. The van der Waals surface area contributed by atoms with Gasteiger partial charge in [-0.25, -0.2) is 4.79 Å². The van der Waals surface area contributed by atoms with Crippen molar-refractivity contribution in [3.05, 3.63) is 58.2 Å². The number of ether oxygens (including phenoxy) is 1. The fourth-order valence-electron chi connectivity index (χ4n) is 4.04. The Kier molecular flexibility index (Phi) is 8.97. The highest BCUT2D eigenvalue weighted by Gasteiger charge is 2.31. The largest absolute Gasteiger partial charge is 0.508 e. The number of hydrogen-bond donors (Lipinski definition) is 2. The van der Waals surface area contributed by atoms with Crippen molar-refractivity contribution in [2.24, 2.45) is 0 Å². The fourth-order valence-corrected chi connectivity index (χ4v) is 4.04. The summed E-state index contributed by atoms with van der Waals surface area (Å²) in [6.45, 7) is 10.3. The molecular weight excluding hydrogens is 388 g/mol. The summed E-state index contributed by atoms with van der Waals surface area (Å²) >= 11 is 0. The topological polar surface area (TPSA) is 66.8 Å². The first-order chi connectivity index (χ1) is 14.6. The van der Waals surface area contributed by atoms with Crippen molar-refractivity contribution >= 4 is 5.97 Å². The summed E-state index contributed by atoms with van der Waals surface area (Å²) in [6.07, 6.45) is 12.9. The Morgan fingerprint density at radius 1 is 1.10 bits per heavy atom. The van der Waals surface area contributed by atoms with Crippen LogP contribution in [-0.2, 0) is 11.2 Å².